The zero-order chi connectivity index (χ0) is 14.5. The van der Waals surface area contributed by atoms with Crippen molar-refractivity contribution in [1.29, 1.82) is 0 Å². The van der Waals surface area contributed by atoms with E-state index in [1.807, 2.05) is 0 Å². The van der Waals surface area contributed by atoms with Crippen LogP contribution in [0.5, 0.6) is 0 Å². The Morgan fingerprint density at radius 1 is 1.42 bits per heavy atom. The summed E-state index contributed by atoms with van der Waals surface area (Å²) >= 11 is 0. The van der Waals surface area contributed by atoms with Crippen molar-refractivity contribution in [2.45, 2.75) is 39.7 Å². The molecule has 1 unspecified atom stereocenters. The molecule has 1 fully saturated rings. The minimum absolute atomic E-state index is 0.317. The van der Waals surface area contributed by atoms with Crippen LogP contribution < -0.4 is 10.6 Å². The second kappa shape index (κ2) is 6.75. The van der Waals surface area contributed by atoms with E-state index in [4.69, 9.17) is 9.84 Å². The molecule has 0 spiro atoms. The molecule has 19 heavy (non-hydrogen) atoms. The zero-order valence-electron chi connectivity index (χ0n) is 11.9. The third-order valence-corrected chi connectivity index (χ3v) is 3.19. The van der Waals surface area contributed by atoms with E-state index in [-0.39, 0.29) is 0 Å². The van der Waals surface area contributed by atoms with E-state index in [0.29, 0.717) is 19.1 Å². The van der Waals surface area contributed by atoms with Gasteiger partial charge in [0, 0.05) is 13.2 Å². The van der Waals surface area contributed by atoms with Crippen LogP contribution in [0.1, 0.15) is 33.6 Å². The van der Waals surface area contributed by atoms with Crippen LogP contribution in [0.15, 0.2) is 0 Å². The standard InChI is InChI=1S/C13H24N2O4/c1-13(2,3)10(11(16)17)15-12(18)14-7-9-5-4-6-19-8-9/h9-10H,4-8H2,1-3H3,(H,16,17)(H2,14,15,18)/t9?,10-/m1/s1. The highest BCUT2D eigenvalue weighted by atomic mass is 16.5. The number of hydrogen-bond acceptors (Lipinski definition) is 3. The van der Waals surface area contributed by atoms with E-state index in [1.165, 1.54) is 0 Å². The predicted molar refractivity (Wildman–Crippen MR) is 71.0 cm³/mol. The Hall–Kier alpha value is -1.30. The third kappa shape index (κ3) is 5.46. The second-order valence-electron chi connectivity index (χ2n) is 6.07. The van der Waals surface area contributed by atoms with Crippen LogP contribution in [0.4, 0.5) is 4.79 Å². The van der Waals surface area contributed by atoms with Crippen LogP contribution in [0.3, 0.4) is 0 Å². The van der Waals surface area contributed by atoms with Crippen molar-refractivity contribution in [3.63, 3.8) is 0 Å². The molecule has 0 aromatic rings. The largest absolute Gasteiger partial charge is 0.480 e. The number of rotatable bonds is 4. The summed E-state index contributed by atoms with van der Waals surface area (Å²) in [6.07, 6.45) is 2.04. The minimum atomic E-state index is -1.02. The molecule has 110 valence electrons. The predicted octanol–water partition coefficient (Wildman–Crippen LogP) is 1.21. The highest BCUT2D eigenvalue weighted by Gasteiger charge is 2.32. The summed E-state index contributed by atoms with van der Waals surface area (Å²) in [6.45, 7) is 7.29. The lowest BCUT2D eigenvalue weighted by molar-refractivity contribution is -0.141. The monoisotopic (exact) mass is 272 g/mol. The second-order valence-corrected chi connectivity index (χ2v) is 6.07. The molecule has 0 radical (unpaired) electrons. The van der Waals surface area contributed by atoms with Gasteiger partial charge in [0.05, 0.1) is 6.61 Å². The maximum Gasteiger partial charge on any atom is 0.326 e. The first-order valence-electron chi connectivity index (χ1n) is 6.65. The van der Waals surface area contributed by atoms with Gasteiger partial charge in [-0.1, -0.05) is 20.8 Å². The molecule has 0 aromatic carbocycles. The van der Waals surface area contributed by atoms with Crippen LogP contribution in [0, 0.1) is 11.3 Å². The summed E-state index contributed by atoms with van der Waals surface area (Å²) in [5.74, 6) is -0.707. The van der Waals surface area contributed by atoms with E-state index in [2.05, 4.69) is 10.6 Å². The van der Waals surface area contributed by atoms with Crippen molar-refractivity contribution in [2.75, 3.05) is 19.8 Å². The minimum Gasteiger partial charge on any atom is -0.480 e. The summed E-state index contributed by atoms with van der Waals surface area (Å²) in [6, 6.07) is -1.34. The molecule has 2 atom stereocenters. The van der Waals surface area contributed by atoms with Crippen molar-refractivity contribution in [1.82, 2.24) is 10.6 Å². The number of aliphatic carboxylic acids is 1. The SMILES string of the molecule is CC(C)(C)[C@H](NC(=O)NCC1CCCOC1)C(=O)O. The Bertz CT molecular complexity index is 319. The molecule has 2 amide bonds. The number of carboxylic acids is 1. The molecule has 1 aliphatic rings. The molecule has 6 heteroatoms. The summed E-state index contributed by atoms with van der Waals surface area (Å²) < 4.78 is 5.32. The Kier molecular flexibility index (Phi) is 5.60. The van der Waals surface area contributed by atoms with Gasteiger partial charge < -0.3 is 20.5 Å². The fourth-order valence-corrected chi connectivity index (χ4v) is 2.04. The van der Waals surface area contributed by atoms with Crippen LogP contribution >= 0.6 is 0 Å². The van der Waals surface area contributed by atoms with Gasteiger partial charge in [-0.3, -0.25) is 0 Å². The van der Waals surface area contributed by atoms with E-state index < -0.39 is 23.5 Å². The molecule has 3 N–H and O–H groups in total. The fourth-order valence-electron chi connectivity index (χ4n) is 2.04. The number of ether oxygens (including phenoxy) is 1. The summed E-state index contributed by atoms with van der Waals surface area (Å²) in [7, 11) is 0. The van der Waals surface area contributed by atoms with Gasteiger partial charge in [0.25, 0.3) is 0 Å². The zero-order valence-corrected chi connectivity index (χ0v) is 11.9. The van der Waals surface area contributed by atoms with Crippen LogP contribution in [-0.2, 0) is 9.53 Å². The molecule has 0 aliphatic carbocycles. The van der Waals surface area contributed by atoms with E-state index in [9.17, 15) is 9.59 Å². The number of amides is 2. The Labute approximate surface area is 113 Å². The number of nitrogens with one attached hydrogen (secondary N) is 2. The van der Waals surface area contributed by atoms with Gasteiger partial charge in [0.1, 0.15) is 6.04 Å². The highest BCUT2D eigenvalue weighted by Crippen LogP contribution is 2.19. The van der Waals surface area contributed by atoms with Gasteiger partial charge in [0.2, 0.25) is 0 Å². The van der Waals surface area contributed by atoms with Crippen LogP contribution in [0.25, 0.3) is 0 Å². The van der Waals surface area contributed by atoms with Gasteiger partial charge in [-0.05, 0) is 24.2 Å². The lowest BCUT2D eigenvalue weighted by Crippen LogP contribution is -2.53. The number of carboxylic acid groups (broad SMARTS) is 1. The highest BCUT2D eigenvalue weighted by molar-refractivity contribution is 5.83. The maximum atomic E-state index is 11.7. The molecule has 1 heterocycles. The average molecular weight is 272 g/mol. The normalized spacial score (nSPS) is 21.5. The van der Waals surface area contributed by atoms with Gasteiger partial charge in [-0.25, -0.2) is 9.59 Å². The Balaban J connectivity index is 2.38. The molecule has 1 aliphatic heterocycles. The van der Waals surface area contributed by atoms with Gasteiger partial charge >= 0.3 is 12.0 Å². The lowest BCUT2D eigenvalue weighted by Gasteiger charge is -2.28. The maximum absolute atomic E-state index is 11.7. The molecule has 6 nitrogen and oxygen atoms in total. The summed E-state index contributed by atoms with van der Waals surface area (Å²) in [4.78, 5) is 22.8. The van der Waals surface area contributed by atoms with Gasteiger partial charge in [-0.2, -0.15) is 0 Å². The lowest BCUT2D eigenvalue weighted by atomic mass is 9.87. The Morgan fingerprint density at radius 2 is 2.11 bits per heavy atom. The quantitative estimate of drug-likeness (QED) is 0.718. The fraction of sp³-hybridized carbons (Fsp3) is 0.846. The molecule has 0 aromatic heterocycles. The summed E-state index contributed by atoms with van der Waals surface area (Å²) in [5, 5.41) is 14.3. The number of carbonyl (C=O) groups excluding carboxylic acids is 1. The molecule has 1 rings (SSSR count). The number of hydrogen-bond donors (Lipinski definition) is 3. The van der Waals surface area contributed by atoms with Crippen molar-refractivity contribution in [3.8, 4) is 0 Å². The molecular weight excluding hydrogens is 248 g/mol. The van der Waals surface area contributed by atoms with Crippen molar-refractivity contribution < 1.29 is 19.4 Å². The van der Waals surface area contributed by atoms with Gasteiger partial charge in [0.15, 0.2) is 0 Å². The summed E-state index contributed by atoms with van der Waals surface area (Å²) in [5.41, 5.74) is -0.531. The van der Waals surface area contributed by atoms with E-state index in [1.54, 1.807) is 20.8 Å². The van der Waals surface area contributed by atoms with E-state index >= 15 is 0 Å². The molecule has 0 saturated carbocycles. The van der Waals surface area contributed by atoms with E-state index in [0.717, 1.165) is 19.4 Å². The topological polar surface area (TPSA) is 87.7 Å². The number of urea groups is 1. The van der Waals surface area contributed by atoms with Crippen molar-refractivity contribution in [2.24, 2.45) is 11.3 Å². The van der Waals surface area contributed by atoms with Crippen LogP contribution in [-0.4, -0.2) is 42.9 Å². The van der Waals surface area contributed by atoms with Gasteiger partial charge in [-0.15, -0.1) is 0 Å². The Morgan fingerprint density at radius 3 is 2.58 bits per heavy atom. The van der Waals surface area contributed by atoms with Crippen molar-refractivity contribution >= 4 is 12.0 Å². The first kappa shape index (κ1) is 15.8. The molecular formula is C13H24N2O4. The first-order valence-corrected chi connectivity index (χ1v) is 6.65. The van der Waals surface area contributed by atoms with Crippen molar-refractivity contribution in [3.05, 3.63) is 0 Å². The van der Waals surface area contributed by atoms with Crippen LogP contribution in [0.2, 0.25) is 0 Å². The first-order chi connectivity index (χ1) is 8.80. The average Bonchev–Trinajstić information content (AvgIpc) is 2.33. The number of carbonyl (C=O) groups is 2. The smallest absolute Gasteiger partial charge is 0.326 e. The molecule has 0 bridgehead atoms. The molecule has 1 saturated heterocycles. The third-order valence-electron chi connectivity index (χ3n) is 3.19.